The van der Waals surface area contributed by atoms with Crippen molar-refractivity contribution < 1.29 is 91.5 Å². The molecule has 0 bridgehead atoms. The van der Waals surface area contributed by atoms with Crippen LogP contribution in [0.5, 0.6) is 0 Å². The Morgan fingerprint density at radius 1 is 0.723 bits per heavy atom. The number of carboxylic acids is 2. The normalized spacial score (nSPS) is 15.2. The molecule has 0 aliphatic heterocycles. The van der Waals surface area contributed by atoms with Crippen molar-refractivity contribution in [3.63, 3.8) is 0 Å². The Kier molecular flexibility index (Phi) is 12.1. The van der Waals surface area contributed by atoms with Gasteiger partial charge in [-0.3, -0.25) is 28.3 Å². The topological polar surface area (TPSA) is 161 Å². The molecule has 22 heteroatoms. The predicted molar refractivity (Wildman–Crippen MR) is 136 cm³/mol. The van der Waals surface area contributed by atoms with Gasteiger partial charge in [0.15, 0.2) is 34.9 Å². The Morgan fingerprint density at radius 3 is 1.57 bits per heavy atom. The third-order valence-electron chi connectivity index (χ3n) is 6.23. The summed E-state index contributed by atoms with van der Waals surface area (Å²) in [7, 11) is -12.6. The van der Waals surface area contributed by atoms with Gasteiger partial charge in [0.05, 0.1) is 35.8 Å². The fourth-order valence-electron chi connectivity index (χ4n) is 3.87. The first-order valence-electron chi connectivity index (χ1n) is 12.5. The molecule has 0 aromatic heterocycles. The Bertz CT molecular complexity index is 1680. The summed E-state index contributed by atoms with van der Waals surface area (Å²) in [5.41, 5.74) is -15.1. The standard InChI is InChI=1S/C25H20F10O10P2/c1-11(36)44-46(42,24(32,33)13-3-5-15(26)21(30)19(13)28)9-8-18(39)45-47(43,10-12(23(40)41)2-7-17(37)38)25(34,35)14-4-6-16(27)22(31)20(14)29/h3-6,12H,2,7-10H2,1H3,(H,37,38)(H,40,41). The van der Waals surface area contributed by atoms with E-state index in [-0.39, 0.29) is 24.3 Å². The first-order valence-corrected chi connectivity index (χ1v) is 16.1. The van der Waals surface area contributed by atoms with Crippen LogP contribution in [0.3, 0.4) is 0 Å². The molecule has 0 aliphatic rings. The summed E-state index contributed by atoms with van der Waals surface area (Å²) in [5, 5.41) is 18.2. The largest absolute Gasteiger partial charge is 0.481 e. The van der Waals surface area contributed by atoms with Crippen LogP contribution in [-0.2, 0) is 48.7 Å². The summed E-state index contributed by atoms with van der Waals surface area (Å²) in [6, 6.07) is -0.377. The maximum absolute atomic E-state index is 15.6. The molecule has 2 N–H and O–H groups in total. The van der Waals surface area contributed by atoms with E-state index in [1.165, 1.54) is 0 Å². The van der Waals surface area contributed by atoms with Gasteiger partial charge in [-0.25, -0.2) is 26.3 Å². The molecule has 0 spiro atoms. The molecule has 260 valence electrons. The predicted octanol–water partition coefficient (Wildman–Crippen LogP) is 6.94. The van der Waals surface area contributed by atoms with Gasteiger partial charge in [0, 0.05) is 13.3 Å². The summed E-state index contributed by atoms with van der Waals surface area (Å²) < 4.78 is 179. The van der Waals surface area contributed by atoms with Gasteiger partial charge in [-0.1, -0.05) is 0 Å². The van der Waals surface area contributed by atoms with E-state index in [1.807, 2.05) is 0 Å². The number of carboxylic acid groups (broad SMARTS) is 2. The molecule has 10 nitrogen and oxygen atoms in total. The van der Waals surface area contributed by atoms with E-state index in [1.54, 1.807) is 0 Å². The maximum Gasteiger partial charge on any atom is 0.359 e. The van der Waals surface area contributed by atoms with Crippen molar-refractivity contribution in [2.75, 3.05) is 12.3 Å². The van der Waals surface area contributed by atoms with E-state index in [9.17, 15) is 59.8 Å². The molecule has 0 heterocycles. The van der Waals surface area contributed by atoms with Gasteiger partial charge in [0.2, 0.25) is 0 Å². The average Bonchev–Trinajstić information content (AvgIpc) is 2.94. The van der Waals surface area contributed by atoms with E-state index in [2.05, 4.69) is 9.05 Å². The van der Waals surface area contributed by atoms with Crippen molar-refractivity contribution in [1.82, 2.24) is 0 Å². The number of carbonyl (C=O) groups is 4. The fraction of sp³-hybridized carbons (Fsp3) is 0.360. The minimum atomic E-state index is -6.48. The molecule has 3 unspecified atom stereocenters. The quantitative estimate of drug-likeness (QED) is 0.112. The van der Waals surface area contributed by atoms with Crippen LogP contribution in [0.1, 0.15) is 37.3 Å². The minimum Gasteiger partial charge on any atom is -0.481 e. The lowest BCUT2D eigenvalue weighted by Crippen LogP contribution is -2.29. The zero-order chi connectivity index (χ0) is 36.3. The van der Waals surface area contributed by atoms with Crippen LogP contribution in [0.25, 0.3) is 0 Å². The molecule has 3 atom stereocenters. The molecule has 0 amide bonds. The van der Waals surface area contributed by atoms with Crippen LogP contribution in [0, 0.1) is 40.8 Å². The summed E-state index contributed by atoms with van der Waals surface area (Å²) >= 11 is 0. The molecular formula is C25H20F10O10P2. The number of aliphatic carboxylic acids is 2. The Morgan fingerprint density at radius 2 is 1.17 bits per heavy atom. The smallest absolute Gasteiger partial charge is 0.359 e. The molecule has 2 rings (SSSR count). The Balaban J connectivity index is 2.59. The van der Waals surface area contributed by atoms with Crippen LogP contribution in [0.2, 0.25) is 0 Å². The van der Waals surface area contributed by atoms with Crippen molar-refractivity contribution in [3.8, 4) is 0 Å². The zero-order valence-corrected chi connectivity index (χ0v) is 25.0. The number of rotatable bonds is 15. The number of carbonyl (C=O) groups excluding carboxylic acids is 2. The number of hydrogen-bond donors (Lipinski definition) is 2. The Labute approximate surface area is 256 Å². The van der Waals surface area contributed by atoms with Gasteiger partial charge in [-0.05, 0) is 30.7 Å². The van der Waals surface area contributed by atoms with E-state index < -0.39 is 133 Å². The lowest BCUT2D eigenvalue weighted by molar-refractivity contribution is -0.143. The highest BCUT2D eigenvalue weighted by atomic mass is 31.2. The molecular weight excluding hydrogens is 712 g/mol. The van der Waals surface area contributed by atoms with E-state index in [0.29, 0.717) is 6.92 Å². The number of benzene rings is 2. The van der Waals surface area contributed by atoms with E-state index >= 15 is 17.6 Å². The summed E-state index contributed by atoms with van der Waals surface area (Å²) in [6.07, 6.45) is -7.99. The second kappa shape index (κ2) is 14.5. The zero-order valence-electron chi connectivity index (χ0n) is 23.3. The lowest BCUT2D eigenvalue weighted by Gasteiger charge is -2.30. The molecule has 0 fully saturated rings. The van der Waals surface area contributed by atoms with Gasteiger partial charge >= 0.3 is 49.9 Å². The second-order valence-electron chi connectivity index (χ2n) is 9.55. The SMILES string of the molecule is CC(=O)OP(=O)(CCC(=O)OP(=O)(CC(CCC(=O)O)C(=O)O)C(F)(F)c1ccc(F)c(F)c1F)C(F)(F)c1ccc(F)c(F)c1F. The van der Waals surface area contributed by atoms with Crippen molar-refractivity contribution in [3.05, 3.63) is 70.3 Å². The van der Waals surface area contributed by atoms with Crippen molar-refractivity contribution in [1.29, 1.82) is 0 Å². The molecule has 0 saturated heterocycles. The van der Waals surface area contributed by atoms with E-state index in [0.717, 1.165) is 0 Å². The summed E-state index contributed by atoms with van der Waals surface area (Å²) in [5.74, 6) is -24.6. The molecule has 0 radical (unpaired) electrons. The highest BCUT2D eigenvalue weighted by Crippen LogP contribution is 2.69. The van der Waals surface area contributed by atoms with Crippen LogP contribution in [-0.4, -0.2) is 46.4 Å². The summed E-state index contributed by atoms with van der Waals surface area (Å²) in [4.78, 5) is 46.7. The van der Waals surface area contributed by atoms with Gasteiger partial charge < -0.3 is 19.3 Å². The third-order valence-corrected chi connectivity index (χ3v) is 11.2. The van der Waals surface area contributed by atoms with E-state index in [4.69, 9.17) is 5.11 Å². The Hall–Kier alpha value is -3.92. The van der Waals surface area contributed by atoms with Crippen molar-refractivity contribution in [2.24, 2.45) is 5.92 Å². The fourth-order valence-corrected chi connectivity index (χ4v) is 8.09. The monoisotopic (exact) mass is 732 g/mol. The second-order valence-corrected chi connectivity index (χ2v) is 14.5. The molecule has 2 aromatic carbocycles. The van der Waals surface area contributed by atoms with Gasteiger partial charge in [-0.15, -0.1) is 0 Å². The van der Waals surface area contributed by atoms with Gasteiger partial charge in [0.1, 0.15) is 0 Å². The molecule has 0 aliphatic carbocycles. The van der Waals surface area contributed by atoms with Crippen molar-refractivity contribution in [2.45, 2.75) is 37.5 Å². The average molecular weight is 732 g/mol. The molecule has 0 saturated carbocycles. The number of alkyl halides is 4. The number of halogens is 10. The van der Waals surface area contributed by atoms with Gasteiger partial charge in [-0.2, -0.15) is 17.6 Å². The van der Waals surface area contributed by atoms with Crippen LogP contribution < -0.4 is 0 Å². The summed E-state index contributed by atoms with van der Waals surface area (Å²) in [6.45, 7) is 0.386. The highest BCUT2D eigenvalue weighted by Gasteiger charge is 2.59. The maximum atomic E-state index is 15.6. The highest BCUT2D eigenvalue weighted by molar-refractivity contribution is 7.61. The first kappa shape index (κ1) is 39.3. The van der Waals surface area contributed by atoms with Crippen LogP contribution >= 0.6 is 14.7 Å². The van der Waals surface area contributed by atoms with Crippen LogP contribution in [0.15, 0.2) is 24.3 Å². The first-order chi connectivity index (χ1) is 21.4. The van der Waals surface area contributed by atoms with Crippen LogP contribution in [0.4, 0.5) is 43.9 Å². The van der Waals surface area contributed by atoms with Crippen molar-refractivity contribution >= 4 is 38.6 Å². The van der Waals surface area contributed by atoms with Gasteiger partial charge in [0.25, 0.3) is 0 Å². The number of hydrogen-bond acceptors (Lipinski definition) is 8. The molecule has 47 heavy (non-hydrogen) atoms. The minimum absolute atomic E-state index is 0.0347. The lowest BCUT2D eigenvalue weighted by atomic mass is 10.1. The third kappa shape index (κ3) is 8.33. The molecule has 2 aromatic rings.